The van der Waals surface area contributed by atoms with Crippen molar-refractivity contribution < 1.29 is 17.7 Å². The maximum atomic E-state index is 13.9. The Hall–Kier alpha value is -1.74. The molecule has 0 spiro atoms. The standard InChI is InChI=1S/C11H16FN3O4S/c1-3-4-5-14-20(18,19)11-9(12)6-8(15(16)17)7-10(11)13-2/h6-7,13-14H,3-5H2,1-2H3. The number of halogens is 1. The van der Waals surface area contributed by atoms with E-state index in [0.29, 0.717) is 12.5 Å². The average Bonchev–Trinajstić information content (AvgIpc) is 2.37. The zero-order valence-electron chi connectivity index (χ0n) is 11.1. The van der Waals surface area contributed by atoms with Crippen LogP contribution in [0.1, 0.15) is 19.8 Å². The Bertz CT molecular complexity index is 604. The number of anilines is 1. The highest BCUT2D eigenvalue weighted by Gasteiger charge is 2.26. The van der Waals surface area contributed by atoms with Crippen LogP contribution >= 0.6 is 0 Å². The van der Waals surface area contributed by atoms with Crippen molar-refractivity contribution in [2.75, 3.05) is 18.9 Å². The third-order valence-corrected chi connectivity index (χ3v) is 4.14. The summed E-state index contributed by atoms with van der Waals surface area (Å²) in [7, 11) is -2.69. The maximum absolute atomic E-state index is 13.9. The van der Waals surface area contributed by atoms with Gasteiger partial charge in [-0.2, -0.15) is 0 Å². The molecule has 0 aliphatic carbocycles. The van der Waals surface area contributed by atoms with Gasteiger partial charge in [0.1, 0.15) is 4.90 Å². The minimum absolute atomic E-state index is 0.152. The Kier molecular flexibility index (Phi) is 5.40. The van der Waals surface area contributed by atoms with Crippen LogP contribution in [0.2, 0.25) is 0 Å². The summed E-state index contributed by atoms with van der Waals surface area (Å²) in [6.45, 7) is 2.07. The molecule has 112 valence electrons. The Morgan fingerprint density at radius 1 is 1.40 bits per heavy atom. The van der Waals surface area contributed by atoms with Crippen LogP contribution in [0.15, 0.2) is 17.0 Å². The molecule has 1 aromatic rings. The van der Waals surface area contributed by atoms with Gasteiger partial charge in [-0.1, -0.05) is 13.3 Å². The van der Waals surface area contributed by atoms with Crippen LogP contribution in [-0.2, 0) is 10.0 Å². The molecule has 1 rings (SSSR count). The number of nitrogens with zero attached hydrogens (tertiary/aromatic N) is 1. The zero-order valence-corrected chi connectivity index (χ0v) is 12.0. The lowest BCUT2D eigenvalue weighted by Crippen LogP contribution is -2.26. The van der Waals surface area contributed by atoms with E-state index in [1.807, 2.05) is 6.92 Å². The van der Waals surface area contributed by atoms with Crippen molar-refractivity contribution in [1.29, 1.82) is 0 Å². The lowest BCUT2D eigenvalue weighted by Gasteiger charge is -2.12. The molecule has 0 amide bonds. The molecular formula is C11H16FN3O4S. The van der Waals surface area contributed by atoms with Crippen LogP contribution in [0.5, 0.6) is 0 Å². The minimum atomic E-state index is -4.06. The second kappa shape index (κ2) is 6.62. The first-order valence-corrected chi connectivity index (χ1v) is 7.47. The van der Waals surface area contributed by atoms with Gasteiger partial charge in [-0.3, -0.25) is 10.1 Å². The summed E-state index contributed by atoms with van der Waals surface area (Å²) < 4.78 is 40.2. The largest absolute Gasteiger partial charge is 0.387 e. The molecule has 0 saturated heterocycles. The van der Waals surface area contributed by atoms with Crippen LogP contribution in [0, 0.1) is 15.9 Å². The highest BCUT2D eigenvalue weighted by atomic mass is 32.2. The number of rotatable bonds is 7. The van der Waals surface area contributed by atoms with Gasteiger partial charge in [-0.05, 0) is 6.42 Å². The molecule has 0 radical (unpaired) electrons. The molecule has 0 atom stereocenters. The molecule has 9 heteroatoms. The third kappa shape index (κ3) is 3.64. The number of non-ortho nitro benzene ring substituents is 1. The Labute approximate surface area is 116 Å². The molecule has 20 heavy (non-hydrogen) atoms. The van der Waals surface area contributed by atoms with Gasteiger partial charge in [0.15, 0.2) is 5.82 Å². The van der Waals surface area contributed by atoms with E-state index in [2.05, 4.69) is 10.0 Å². The van der Waals surface area contributed by atoms with E-state index in [4.69, 9.17) is 0 Å². The van der Waals surface area contributed by atoms with Gasteiger partial charge < -0.3 is 5.32 Å². The predicted octanol–water partition coefficient (Wildman–Crippen LogP) is 1.85. The van der Waals surface area contributed by atoms with Crippen molar-refractivity contribution in [2.45, 2.75) is 24.7 Å². The molecule has 0 aliphatic rings. The van der Waals surface area contributed by atoms with Gasteiger partial charge in [0.2, 0.25) is 10.0 Å². The fourth-order valence-electron chi connectivity index (χ4n) is 1.60. The quantitative estimate of drug-likeness (QED) is 0.455. The summed E-state index contributed by atoms with van der Waals surface area (Å²) in [6, 6.07) is 1.58. The van der Waals surface area contributed by atoms with E-state index in [1.165, 1.54) is 7.05 Å². The van der Waals surface area contributed by atoms with Gasteiger partial charge >= 0.3 is 0 Å². The minimum Gasteiger partial charge on any atom is -0.387 e. The van der Waals surface area contributed by atoms with Crippen LogP contribution in [0.25, 0.3) is 0 Å². The van der Waals surface area contributed by atoms with E-state index >= 15 is 0 Å². The first-order chi connectivity index (χ1) is 9.33. The molecule has 0 unspecified atom stereocenters. The normalized spacial score (nSPS) is 11.3. The highest BCUT2D eigenvalue weighted by molar-refractivity contribution is 7.89. The maximum Gasteiger partial charge on any atom is 0.274 e. The van der Waals surface area contributed by atoms with Crippen molar-refractivity contribution in [3.05, 3.63) is 28.1 Å². The van der Waals surface area contributed by atoms with Crippen molar-refractivity contribution in [2.24, 2.45) is 0 Å². The topological polar surface area (TPSA) is 101 Å². The molecule has 7 nitrogen and oxygen atoms in total. The van der Waals surface area contributed by atoms with Crippen molar-refractivity contribution in [3.8, 4) is 0 Å². The van der Waals surface area contributed by atoms with Crippen molar-refractivity contribution in [1.82, 2.24) is 4.72 Å². The predicted molar refractivity (Wildman–Crippen MR) is 72.7 cm³/mol. The average molecular weight is 305 g/mol. The van der Waals surface area contributed by atoms with E-state index in [1.54, 1.807) is 0 Å². The monoisotopic (exact) mass is 305 g/mol. The summed E-state index contributed by atoms with van der Waals surface area (Å²) >= 11 is 0. The Balaban J connectivity index is 3.26. The van der Waals surface area contributed by atoms with E-state index < -0.39 is 31.3 Å². The van der Waals surface area contributed by atoms with Gasteiger partial charge in [-0.25, -0.2) is 17.5 Å². The number of nitro benzene ring substituents is 1. The first kappa shape index (κ1) is 16.3. The molecule has 0 saturated carbocycles. The fraction of sp³-hybridized carbons (Fsp3) is 0.455. The lowest BCUT2D eigenvalue weighted by molar-refractivity contribution is -0.385. The molecular weight excluding hydrogens is 289 g/mol. The number of benzene rings is 1. The van der Waals surface area contributed by atoms with Gasteiger partial charge in [-0.15, -0.1) is 0 Å². The molecule has 0 aromatic heterocycles. The number of nitro groups is 1. The number of hydrogen-bond donors (Lipinski definition) is 2. The first-order valence-electron chi connectivity index (χ1n) is 5.98. The van der Waals surface area contributed by atoms with Crippen LogP contribution in [-0.4, -0.2) is 26.9 Å². The Morgan fingerprint density at radius 2 is 2.05 bits per heavy atom. The summed E-state index contributed by atoms with van der Waals surface area (Å²) in [6.07, 6.45) is 1.40. The summed E-state index contributed by atoms with van der Waals surface area (Å²) in [5.41, 5.74) is -0.667. The van der Waals surface area contributed by atoms with Crippen LogP contribution in [0.4, 0.5) is 15.8 Å². The summed E-state index contributed by atoms with van der Waals surface area (Å²) in [5.74, 6) is -1.16. The molecule has 0 fully saturated rings. The van der Waals surface area contributed by atoms with Crippen molar-refractivity contribution >= 4 is 21.4 Å². The summed E-state index contributed by atoms with van der Waals surface area (Å²) in [4.78, 5) is 9.24. The second-order valence-corrected chi connectivity index (χ2v) is 5.77. The van der Waals surface area contributed by atoms with Crippen LogP contribution in [0.3, 0.4) is 0 Å². The molecule has 0 bridgehead atoms. The van der Waals surface area contributed by atoms with E-state index in [-0.39, 0.29) is 12.2 Å². The van der Waals surface area contributed by atoms with Gasteiger partial charge in [0, 0.05) is 19.7 Å². The lowest BCUT2D eigenvalue weighted by atomic mass is 10.2. The molecule has 0 heterocycles. The Morgan fingerprint density at radius 3 is 2.55 bits per heavy atom. The van der Waals surface area contributed by atoms with E-state index in [0.717, 1.165) is 12.5 Å². The number of unbranched alkanes of at least 4 members (excludes halogenated alkanes) is 1. The smallest absolute Gasteiger partial charge is 0.274 e. The SMILES string of the molecule is CCCCNS(=O)(=O)c1c(F)cc([N+](=O)[O-])cc1NC. The number of sulfonamides is 1. The molecule has 2 N–H and O–H groups in total. The summed E-state index contributed by atoms with van der Waals surface area (Å²) in [5, 5.41) is 13.1. The zero-order chi connectivity index (χ0) is 15.3. The number of nitrogens with one attached hydrogen (secondary N) is 2. The highest BCUT2D eigenvalue weighted by Crippen LogP contribution is 2.29. The molecule has 1 aromatic carbocycles. The van der Waals surface area contributed by atoms with Gasteiger partial charge in [0.05, 0.1) is 16.7 Å². The van der Waals surface area contributed by atoms with Gasteiger partial charge in [0.25, 0.3) is 5.69 Å². The van der Waals surface area contributed by atoms with Crippen molar-refractivity contribution in [3.63, 3.8) is 0 Å². The number of hydrogen-bond acceptors (Lipinski definition) is 5. The molecule has 0 aliphatic heterocycles. The van der Waals surface area contributed by atoms with Crippen LogP contribution < -0.4 is 10.0 Å². The fourth-order valence-corrected chi connectivity index (χ4v) is 2.92. The van der Waals surface area contributed by atoms with E-state index in [9.17, 15) is 22.9 Å². The second-order valence-electron chi connectivity index (χ2n) is 4.06. The third-order valence-electron chi connectivity index (χ3n) is 2.60.